The molecule has 1 aliphatic rings. The summed E-state index contributed by atoms with van der Waals surface area (Å²) in [6, 6.07) is 8.21. The highest BCUT2D eigenvalue weighted by atomic mass is 32.2. The second-order valence-electron chi connectivity index (χ2n) is 6.11. The van der Waals surface area contributed by atoms with Gasteiger partial charge in [-0.1, -0.05) is 0 Å². The minimum atomic E-state index is -3.63. The first kappa shape index (κ1) is 18.6. The summed E-state index contributed by atoms with van der Waals surface area (Å²) in [7, 11) is -3.63. The molecule has 1 fully saturated rings. The Bertz CT molecular complexity index is 819. The van der Waals surface area contributed by atoms with E-state index in [1.54, 1.807) is 18.3 Å². The van der Waals surface area contributed by atoms with Gasteiger partial charge in [0, 0.05) is 19.3 Å². The quantitative estimate of drug-likeness (QED) is 0.798. The molecule has 0 atom stereocenters. The van der Waals surface area contributed by atoms with Gasteiger partial charge in [0.1, 0.15) is 17.4 Å². The first-order chi connectivity index (χ1) is 12.6. The number of aromatic nitrogens is 2. The molecule has 0 bridgehead atoms. The molecule has 7 nitrogen and oxygen atoms in total. The first-order valence-corrected chi connectivity index (χ1v) is 10.4. The van der Waals surface area contributed by atoms with Crippen molar-refractivity contribution in [1.82, 2.24) is 14.7 Å². The molecule has 2 aromatic rings. The lowest BCUT2D eigenvalue weighted by Crippen LogP contribution is -2.31. The molecule has 1 aromatic carbocycles. The summed E-state index contributed by atoms with van der Waals surface area (Å²) in [5.74, 6) is 1.96. The number of sulfonamides is 1. The highest BCUT2D eigenvalue weighted by Gasteiger charge is 2.16. The van der Waals surface area contributed by atoms with Crippen LogP contribution in [0.4, 0.5) is 5.82 Å². The van der Waals surface area contributed by atoms with Gasteiger partial charge >= 0.3 is 0 Å². The topological polar surface area (TPSA) is 84.4 Å². The fraction of sp³-hybridized carbons (Fsp3) is 0.444. The fourth-order valence-corrected chi connectivity index (χ4v) is 3.88. The smallest absolute Gasteiger partial charge is 0.240 e. The molecule has 0 radical (unpaired) electrons. The molecular weight excluding hydrogens is 352 g/mol. The van der Waals surface area contributed by atoms with Crippen molar-refractivity contribution in [2.75, 3.05) is 24.6 Å². The molecule has 3 rings (SSSR count). The van der Waals surface area contributed by atoms with Crippen molar-refractivity contribution in [2.24, 2.45) is 0 Å². The average Bonchev–Trinajstić information content (AvgIpc) is 2.68. The second-order valence-corrected chi connectivity index (χ2v) is 7.87. The van der Waals surface area contributed by atoms with Crippen LogP contribution < -0.4 is 14.4 Å². The second kappa shape index (κ2) is 8.46. The Morgan fingerprint density at radius 1 is 1.12 bits per heavy atom. The lowest BCUT2D eigenvalue weighted by Gasteiger charge is -2.27. The van der Waals surface area contributed by atoms with E-state index < -0.39 is 10.0 Å². The van der Waals surface area contributed by atoms with Crippen molar-refractivity contribution in [3.8, 4) is 5.75 Å². The fourth-order valence-electron chi connectivity index (χ4n) is 2.90. The van der Waals surface area contributed by atoms with E-state index in [2.05, 4.69) is 19.6 Å². The Morgan fingerprint density at radius 2 is 1.85 bits per heavy atom. The Balaban J connectivity index is 1.65. The normalized spacial score (nSPS) is 15.0. The molecule has 140 valence electrons. The van der Waals surface area contributed by atoms with Crippen molar-refractivity contribution < 1.29 is 13.2 Å². The van der Waals surface area contributed by atoms with Crippen molar-refractivity contribution in [3.63, 3.8) is 0 Å². The van der Waals surface area contributed by atoms with Crippen LogP contribution in [0.15, 0.2) is 41.4 Å². The molecule has 1 aromatic heterocycles. The van der Waals surface area contributed by atoms with E-state index in [0.29, 0.717) is 18.2 Å². The van der Waals surface area contributed by atoms with Crippen molar-refractivity contribution in [2.45, 2.75) is 37.6 Å². The summed E-state index contributed by atoms with van der Waals surface area (Å²) in [4.78, 5) is 11.1. The Labute approximate surface area is 154 Å². The highest BCUT2D eigenvalue weighted by molar-refractivity contribution is 7.89. The minimum Gasteiger partial charge on any atom is -0.494 e. The lowest BCUT2D eigenvalue weighted by atomic mass is 10.1. The predicted molar refractivity (Wildman–Crippen MR) is 99.7 cm³/mol. The number of piperidine rings is 1. The standard InChI is InChI=1S/C18H24N4O3S/c1-2-25-15-6-8-16(9-7-15)26(23,24)20-14-17-19-11-10-18(21-17)22-12-4-3-5-13-22/h6-11,20H,2-5,12-14H2,1H3. The molecular formula is C18H24N4O3S. The zero-order valence-electron chi connectivity index (χ0n) is 14.9. The molecule has 2 heterocycles. The van der Waals surface area contributed by atoms with Crippen molar-refractivity contribution >= 4 is 15.8 Å². The van der Waals surface area contributed by atoms with Crippen LogP contribution in [0.25, 0.3) is 0 Å². The number of ether oxygens (including phenoxy) is 1. The molecule has 0 amide bonds. The average molecular weight is 376 g/mol. The molecule has 1 aliphatic heterocycles. The monoisotopic (exact) mass is 376 g/mol. The van der Waals surface area contributed by atoms with Gasteiger partial charge in [-0.3, -0.25) is 0 Å². The van der Waals surface area contributed by atoms with Crippen molar-refractivity contribution in [3.05, 3.63) is 42.4 Å². The van der Waals surface area contributed by atoms with Gasteiger partial charge in [-0.25, -0.2) is 23.1 Å². The third kappa shape index (κ3) is 4.70. The van der Waals surface area contributed by atoms with Crippen LogP contribution >= 0.6 is 0 Å². The molecule has 1 saturated heterocycles. The Hall–Kier alpha value is -2.19. The third-order valence-electron chi connectivity index (χ3n) is 4.24. The Kier molecular flexibility index (Phi) is 6.05. The first-order valence-electron chi connectivity index (χ1n) is 8.88. The van der Waals surface area contributed by atoms with Gasteiger partial charge in [0.2, 0.25) is 10.0 Å². The number of benzene rings is 1. The van der Waals surface area contributed by atoms with Crippen LogP contribution in [0, 0.1) is 0 Å². The van der Waals surface area contributed by atoms with E-state index in [4.69, 9.17) is 4.74 Å². The number of nitrogens with zero attached hydrogens (tertiary/aromatic N) is 3. The molecule has 0 unspecified atom stereocenters. The molecule has 1 N–H and O–H groups in total. The van der Waals surface area contributed by atoms with E-state index in [0.717, 1.165) is 31.7 Å². The van der Waals surface area contributed by atoms with E-state index in [-0.39, 0.29) is 11.4 Å². The van der Waals surface area contributed by atoms with Crippen LogP contribution in [-0.4, -0.2) is 38.1 Å². The maximum Gasteiger partial charge on any atom is 0.240 e. The number of rotatable bonds is 7. The molecule has 0 aliphatic carbocycles. The number of anilines is 1. The van der Waals surface area contributed by atoms with E-state index >= 15 is 0 Å². The van der Waals surface area contributed by atoms with Crippen LogP contribution in [0.3, 0.4) is 0 Å². The molecule has 8 heteroatoms. The van der Waals surface area contributed by atoms with Gasteiger partial charge in [-0.15, -0.1) is 0 Å². The molecule has 26 heavy (non-hydrogen) atoms. The van der Waals surface area contributed by atoms with Crippen LogP contribution in [0.2, 0.25) is 0 Å². The number of hydrogen-bond donors (Lipinski definition) is 1. The molecule has 0 saturated carbocycles. The maximum atomic E-state index is 12.4. The Morgan fingerprint density at radius 3 is 2.54 bits per heavy atom. The van der Waals surface area contributed by atoms with Crippen LogP contribution in [0.1, 0.15) is 32.0 Å². The minimum absolute atomic E-state index is 0.0528. The lowest BCUT2D eigenvalue weighted by molar-refractivity contribution is 0.340. The van der Waals surface area contributed by atoms with Crippen LogP contribution in [-0.2, 0) is 16.6 Å². The van der Waals surface area contributed by atoms with Gasteiger partial charge in [-0.05, 0) is 56.5 Å². The number of hydrogen-bond acceptors (Lipinski definition) is 6. The maximum absolute atomic E-state index is 12.4. The van der Waals surface area contributed by atoms with Gasteiger partial charge in [0.05, 0.1) is 18.0 Å². The summed E-state index contributed by atoms with van der Waals surface area (Å²) in [6.45, 7) is 4.43. The zero-order chi connectivity index (χ0) is 18.4. The van der Waals surface area contributed by atoms with Crippen LogP contribution in [0.5, 0.6) is 5.75 Å². The van der Waals surface area contributed by atoms with Gasteiger partial charge in [0.25, 0.3) is 0 Å². The van der Waals surface area contributed by atoms with E-state index in [1.807, 2.05) is 13.0 Å². The highest BCUT2D eigenvalue weighted by Crippen LogP contribution is 2.18. The third-order valence-corrected chi connectivity index (χ3v) is 5.65. The summed E-state index contributed by atoms with van der Waals surface area (Å²) >= 11 is 0. The van der Waals surface area contributed by atoms with Gasteiger partial charge in [-0.2, -0.15) is 0 Å². The predicted octanol–water partition coefficient (Wildman–Crippen LogP) is 2.34. The van der Waals surface area contributed by atoms with Gasteiger partial charge in [0.15, 0.2) is 0 Å². The molecule has 0 spiro atoms. The van der Waals surface area contributed by atoms with Gasteiger partial charge < -0.3 is 9.64 Å². The SMILES string of the molecule is CCOc1ccc(S(=O)(=O)NCc2nccc(N3CCCCC3)n2)cc1. The zero-order valence-corrected chi connectivity index (χ0v) is 15.7. The van der Waals surface area contributed by atoms with Crippen molar-refractivity contribution in [1.29, 1.82) is 0 Å². The summed E-state index contributed by atoms with van der Waals surface area (Å²) in [5, 5.41) is 0. The van der Waals surface area contributed by atoms with E-state index in [9.17, 15) is 8.42 Å². The summed E-state index contributed by atoms with van der Waals surface area (Å²) in [5.41, 5.74) is 0. The summed E-state index contributed by atoms with van der Waals surface area (Å²) in [6.07, 6.45) is 5.24. The summed E-state index contributed by atoms with van der Waals surface area (Å²) < 4.78 is 32.8. The number of nitrogens with one attached hydrogen (secondary N) is 1. The largest absolute Gasteiger partial charge is 0.494 e. The van der Waals surface area contributed by atoms with E-state index in [1.165, 1.54) is 18.6 Å².